The van der Waals surface area contributed by atoms with E-state index in [-0.39, 0.29) is 17.4 Å². The SMILES string of the molecule is CCn1ccnc(N2CCN(C(C)C(N)=NO)CC2)c1=O. The molecule has 0 spiro atoms. The Morgan fingerprint density at radius 2 is 2.14 bits per heavy atom. The first-order chi connectivity index (χ1) is 10.1. The monoisotopic (exact) mass is 294 g/mol. The van der Waals surface area contributed by atoms with E-state index in [0.29, 0.717) is 25.5 Å². The molecular weight excluding hydrogens is 272 g/mol. The van der Waals surface area contributed by atoms with Gasteiger partial charge in [0.15, 0.2) is 11.7 Å². The van der Waals surface area contributed by atoms with Crippen LogP contribution in [0.2, 0.25) is 0 Å². The molecule has 0 bridgehead atoms. The van der Waals surface area contributed by atoms with Gasteiger partial charge in [-0.2, -0.15) is 0 Å². The van der Waals surface area contributed by atoms with E-state index in [1.807, 2.05) is 18.7 Å². The van der Waals surface area contributed by atoms with Gasteiger partial charge in [0.2, 0.25) is 0 Å². The number of anilines is 1. The van der Waals surface area contributed by atoms with Crippen molar-refractivity contribution >= 4 is 11.7 Å². The quantitative estimate of drug-likeness (QED) is 0.337. The van der Waals surface area contributed by atoms with Crippen molar-refractivity contribution in [3.8, 4) is 0 Å². The molecule has 1 aliphatic heterocycles. The fraction of sp³-hybridized carbons (Fsp3) is 0.615. The lowest BCUT2D eigenvalue weighted by Crippen LogP contribution is -2.54. The lowest BCUT2D eigenvalue weighted by atomic mass is 10.2. The maximum Gasteiger partial charge on any atom is 0.293 e. The van der Waals surface area contributed by atoms with Crippen molar-refractivity contribution in [2.75, 3.05) is 31.1 Å². The van der Waals surface area contributed by atoms with Crippen molar-refractivity contribution in [2.45, 2.75) is 26.4 Å². The second-order valence-corrected chi connectivity index (χ2v) is 5.07. The van der Waals surface area contributed by atoms with Crippen LogP contribution >= 0.6 is 0 Å². The standard InChI is InChI=1S/C13H22N6O2/c1-3-17-5-4-15-12(13(17)20)19-8-6-18(7-9-19)10(2)11(14)16-21/h4-5,10,21H,3,6-9H2,1-2H3,(H2,14,16). The maximum atomic E-state index is 12.2. The van der Waals surface area contributed by atoms with E-state index in [1.54, 1.807) is 17.0 Å². The zero-order valence-electron chi connectivity index (χ0n) is 12.4. The van der Waals surface area contributed by atoms with Crippen molar-refractivity contribution in [3.63, 3.8) is 0 Å². The van der Waals surface area contributed by atoms with Crippen LogP contribution in [-0.4, -0.2) is 57.7 Å². The van der Waals surface area contributed by atoms with Crippen LogP contribution in [0.15, 0.2) is 22.3 Å². The van der Waals surface area contributed by atoms with Crippen molar-refractivity contribution < 1.29 is 5.21 Å². The van der Waals surface area contributed by atoms with Crippen LogP contribution < -0.4 is 16.2 Å². The molecule has 2 rings (SSSR count). The van der Waals surface area contributed by atoms with Crippen LogP contribution in [0, 0.1) is 0 Å². The average Bonchev–Trinajstić information content (AvgIpc) is 2.54. The summed E-state index contributed by atoms with van der Waals surface area (Å²) in [5, 5.41) is 11.8. The number of aryl methyl sites for hydroxylation is 1. The number of nitrogens with two attached hydrogens (primary N) is 1. The number of aromatic nitrogens is 2. The lowest BCUT2D eigenvalue weighted by Gasteiger charge is -2.37. The summed E-state index contributed by atoms with van der Waals surface area (Å²) in [5.74, 6) is 0.699. The van der Waals surface area contributed by atoms with Crippen molar-refractivity contribution in [1.82, 2.24) is 14.5 Å². The van der Waals surface area contributed by atoms with Crippen LogP contribution in [-0.2, 0) is 6.54 Å². The van der Waals surface area contributed by atoms with Crippen LogP contribution in [0.5, 0.6) is 0 Å². The Morgan fingerprint density at radius 3 is 2.71 bits per heavy atom. The molecule has 0 saturated carbocycles. The summed E-state index contributed by atoms with van der Waals surface area (Å²) < 4.78 is 1.65. The maximum absolute atomic E-state index is 12.2. The Bertz CT molecular complexity index is 562. The highest BCUT2D eigenvalue weighted by molar-refractivity contribution is 5.84. The van der Waals surface area contributed by atoms with Crippen molar-refractivity contribution in [1.29, 1.82) is 0 Å². The van der Waals surface area contributed by atoms with Crippen molar-refractivity contribution in [3.05, 3.63) is 22.7 Å². The van der Waals surface area contributed by atoms with E-state index in [9.17, 15) is 4.79 Å². The van der Waals surface area contributed by atoms with Gasteiger partial charge >= 0.3 is 0 Å². The van der Waals surface area contributed by atoms with E-state index < -0.39 is 0 Å². The summed E-state index contributed by atoms with van der Waals surface area (Å²) in [6, 6.07) is -0.117. The molecule has 1 fully saturated rings. The molecule has 1 aromatic heterocycles. The van der Waals surface area contributed by atoms with Gasteiger partial charge in [-0.05, 0) is 13.8 Å². The van der Waals surface area contributed by atoms with E-state index >= 15 is 0 Å². The molecule has 1 unspecified atom stereocenters. The lowest BCUT2D eigenvalue weighted by molar-refractivity contribution is 0.229. The largest absolute Gasteiger partial charge is 0.409 e. The van der Waals surface area contributed by atoms with E-state index in [1.165, 1.54) is 0 Å². The summed E-state index contributed by atoms with van der Waals surface area (Å²) in [6.07, 6.45) is 3.36. The van der Waals surface area contributed by atoms with Gasteiger partial charge in [-0.1, -0.05) is 5.16 Å². The van der Waals surface area contributed by atoms with Crippen molar-refractivity contribution in [2.24, 2.45) is 10.9 Å². The van der Waals surface area contributed by atoms with Gasteiger partial charge < -0.3 is 20.4 Å². The highest BCUT2D eigenvalue weighted by atomic mass is 16.4. The van der Waals surface area contributed by atoms with Gasteiger partial charge in [-0.25, -0.2) is 4.98 Å². The van der Waals surface area contributed by atoms with Gasteiger partial charge in [-0.3, -0.25) is 9.69 Å². The number of hydrogen-bond donors (Lipinski definition) is 2. The minimum absolute atomic E-state index is 0.0575. The minimum atomic E-state index is -0.117. The number of amidine groups is 1. The summed E-state index contributed by atoms with van der Waals surface area (Å²) in [5.41, 5.74) is 5.58. The molecule has 0 aliphatic carbocycles. The topological polar surface area (TPSA) is 100.0 Å². The first-order valence-corrected chi connectivity index (χ1v) is 7.10. The van der Waals surface area contributed by atoms with Crippen LogP contribution in [0.25, 0.3) is 0 Å². The second-order valence-electron chi connectivity index (χ2n) is 5.07. The van der Waals surface area contributed by atoms with E-state index in [4.69, 9.17) is 10.9 Å². The Morgan fingerprint density at radius 1 is 1.48 bits per heavy atom. The number of nitrogens with zero attached hydrogens (tertiary/aromatic N) is 5. The van der Waals surface area contributed by atoms with Gasteiger partial charge in [0.25, 0.3) is 5.56 Å². The van der Waals surface area contributed by atoms with Gasteiger partial charge in [-0.15, -0.1) is 0 Å². The highest BCUT2D eigenvalue weighted by Crippen LogP contribution is 2.11. The first kappa shape index (κ1) is 15.3. The average molecular weight is 294 g/mol. The minimum Gasteiger partial charge on any atom is -0.409 e. The molecule has 116 valence electrons. The highest BCUT2D eigenvalue weighted by Gasteiger charge is 2.25. The Hall–Kier alpha value is -2.09. The van der Waals surface area contributed by atoms with E-state index in [2.05, 4.69) is 15.0 Å². The smallest absolute Gasteiger partial charge is 0.293 e. The molecule has 1 aromatic rings. The summed E-state index contributed by atoms with van der Waals surface area (Å²) >= 11 is 0. The van der Waals surface area contributed by atoms with Gasteiger partial charge in [0.05, 0.1) is 6.04 Å². The number of oxime groups is 1. The number of hydrogen-bond acceptors (Lipinski definition) is 6. The van der Waals surface area contributed by atoms with Gasteiger partial charge in [0.1, 0.15) is 0 Å². The zero-order valence-corrected chi connectivity index (χ0v) is 12.4. The van der Waals surface area contributed by atoms with Crippen LogP contribution in [0.1, 0.15) is 13.8 Å². The molecule has 0 aromatic carbocycles. The Kier molecular flexibility index (Phi) is 4.79. The molecule has 0 radical (unpaired) electrons. The number of rotatable bonds is 4. The summed E-state index contributed by atoms with van der Waals surface area (Å²) in [4.78, 5) is 20.6. The molecule has 8 nitrogen and oxygen atoms in total. The zero-order chi connectivity index (χ0) is 15.4. The molecule has 0 amide bonds. The van der Waals surface area contributed by atoms with Crippen LogP contribution in [0.3, 0.4) is 0 Å². The predicted molar refractivity (Wildman–Crippen MR) is 80.8 cm³/mol. The molecule has 1 aliphatic rings. The molecule has 3 N–H and O–H groups in total. The molecule has 1 saturated heterocycles. The van der Waals surface area contributed by atoms with Gasteiger partial charge in [0, 0.05) is 45.1 Å². The molecule has 1 atom stereocenters. The fourth-order valence-corrected chi connectivity index (χ4v) is 2.49. The number of piperazine rings is 1. The predicted octanol–water partition coefficient (Wildman–Crippen LogP) is -0.480. The molecule has 8 heteroatoms. The summed E-state index contributed by atoms with van der Waals surface area (Å²) in [7, 11) is 0. The fourth-order valence-electron chi connectivity index (χ4n) is 2.49. The Labute approximate surface area is 123 Å². The third-order valence-electron chi connectivity index (χ3n) is 3.94. The third-order valence-corrected chi connectivity index (χ3v) is 3.94. The summed E-state index contributed by atoms with van der Waals surface area (Å²) in [6.45, 7) is 7.32. The normalized spacial score (nSPS) is 18.8. The molecular formula is C13H22N6O2. The van der Waals surface area contributed by atoms with Crippen LogP contribution in [0.4, 0.5) is 5.82 Å². The second kappa shape index (κ2) is 6.57. The van der Waals surface area contributed by atoms with E-state index in [0.717, 1.165) is 13.1 Å². The third kappa shape index (κ3) is 3.15. The Balaban J connectivity index is 2.06. The molecule has 2 heterocycles. The molecule has 21 heavy (non-hydrogen) atoms. The first-order valence-electron chi connectivity index (χ1n) is 7.10.